The first-order valence-corrected chi connectivity index (χ1v) is 5.10. The minimum atomic E-state index is 0.590. The van der Waals surface area contributed by atoms with Gasteiger partial charge in [0.2, 0.25) is 0 Å². The van der Waals surface area contributed by atoms with Crippen molar-refractivity contribution in [2.75, 3.05) is 17.2 Å². The van der Waals surface area contributed by atoms with Crippen molar-refractivity contribution < 1.29 is 0 Å². The Hall–Kier alpha value is -2.16. The molecule has 0 aliphatic heterocycles. The molecule has 0 atom stereocenters. The Kier molecular flexibility index (Phi) is 2.44. The minimum absolute atomic E-state index is 0.590. The molecule has 0 radical (unpaired) electrons. The fraction of sp³-hybridized carbons (Fsp3) is 0.0769. The number of hydrogen-bond donors (Lipinski definition) is 3. The van der Waals surface area contributed by atoms with Crippen molar-refractivity contribution in [2.24, 2.45) is 0 Å². The molecule has 0 bridgehead atoms. The topological polar surface area (TPSA) is 78.1 Å². The number of aryl methyl sites for hydroxylation is 1. The Morgan fingerprint density at radius 3 is 2.00 bits per heavy atom. The molecule has 0 heterocycles. The normalized spacial score (nSPS) is 10.3. The number of nitrogen functional groups attached to an aromatic ring is 3. The zero-order chi connectivity index (χ0) is 11.7. The molecule has 2 aromatic rings. The lowest BCUT2D eigenvalue weighted by Crippen LogP contribution is -1.99. The van der Waals surface area contributed by atoms with E-state index in [2.05, 4.69) is 0 Å². The first-order valence-electron chi connectivity index (χ1n) is 5.10. The van der Waals surface area contributed by atoms with Gasteiger partial charge in [0.1, 0.15) is 0 Å². The predicted molar refractivity (Wildman–Crippen MR) is 69.9 cm³/mol. The lowest BCUT2D eigenvalue weighted by Gasteiger charge is -2.12. The van der Waals surface area contributed by atoms with E-state index in [-0.39, 0.29) is 0 Å². The quantitative estimate of drug-likeness (QED) is 0.636. The lowest BCUT2D eigenvalue weighted by atomic mass is 9.97. The molecule has 0 aliphatic rings. The summed E-state index contributed by atoms with van der Waals surface area (Å²) in [6.07, 6.45) is 0. The van der Waals surface area contributed by atoms with Crippen LogP contribution in [-0.4, -0.2) is 0 Å². The highest BCUT2D eigenvalue weighted by Crippen LogP contribution is 2.35. The van der Waals surface area contributed by atoms with Gasteiger partial charge in [-0.2, -0.15) is 0 Å². The first kappa shape index (κ1) is 10.4. The molecule has 0 amide bonds. The molecule has 0 saturated heterocycles. The molecule has 82 valence electrons. The van der Waals surface area contributed by atoms with Crippen LogP contribution in [0.2, 0.25) is 0 Å². The molecular formula is C13H15N3. The first-order chi connectivity index (χ1) is 7.59. The van der Waals surface area contributed by atoms with E-state index in [1.165, 1.54) is 0 Å². The third-order valence-electron chi connectivity index (χ3n) is 2.64. The maximum Gasteiger partial charge on any atom is 0.0435 e. The molecule has 2 rings (SSSR count). The molecule has 0 fully saturated rings. The molecule has 6 N–H and O–H groups in total. The highest BCUT2D eigenvalue weighted by molar-refractivity contribution is 5.90. The maximum atomic E-state index is 5.96. The van der Waals surface area contributed by atoms with Crippen molar-refractivity contribution in [2.45, 2.75) is 6.92 Å². The Morgan fingerprint density at radius 1 is 0.875 bits per heavy atom. The van der Waals surface area contributed by atoms with Crippen LogP contribution < -0.4 is 17.2 Å². The van der Waals surface area contributed by atoms with Gasteiger partial charge >= 0.3 is 0 Å². The van der Waals surface area contributed by atoms with Crippen LogP contribution in [0.1, 0.15) is 5.56 Å². The van der Waals surface area contributed by atoms with Gasteiger partial charge in [0.05, 0.1) is 0 Å². The Morgan fingerprint density at radius 2 is 1.44 bits per heavy atom. The number of benzene rings is 2. The minimum Gasteiger partial charge on any atom is -0.399 e. The smallest absolute Gasteiger partial charge is 0.0435 e. The number of hydrogen-bond acceptors (Lipinski definition) is 3. The summed E-state index contributed by atoms with van der Waals surface area (Å²) in [7, 11) is 0. The molecule has 16 heavy (non-hydrogen) atoms. The van der Waals surface area contributed by atoms with E-state index in [1.807, 2.05) is 31.2 Å². The van der Waals surface area contributed by atoms with Crippen LogP contribution in [0.5, 0.6) is 0 Å². The van der Waals surface area contributed by atoms with E-state index in [0.29, 0.717) is 17.1 Å². The van der Waals surface area contributed by atoms with Gasteiger partial charge in [-0.3, -0.25) is 0 Å². The van der Waals surface area contributed by atoms with Crippen LogP contribution in [0.25, 0.3) is 11.1 Å². The van der Waals surface area contributed by atoms with Crippen molar-refractivity contribution in [1.29, 1.82) is 0 Å². The van der Waals surface area contributed by atoms with Crippen LogP contribution in [0, 0.1) is 6.92 Å². The zero-order valence-corrected chi connectivity index (χ0v) is 9.20. The lowest BCUT2D eigenvalue weighted by molar-refractivity contribution is 1.46. The van der Waals surface area contributed by atoms with Gasteiger partial charge in [0.25, 0.3) is 0 Å². The van der Waals surface area contributed by atoms with E-state index >= 15 is 0 Å². The standard InChI is InChI=1S/C13H15N3/c1-8-4-2-3-5-10(8)13-11(15)6-9(14)7-12(13)16/h2-7H,14-16H2,1H3. The van der Waals surface area contributed by atoms with E-state index in [9.17, 15) is 0 Å². The van der Waals surface area contributed by atoms with Crippen molar-refractivity contribution in [1.82, 2.24) is 0 Å². The monoisotopic (exact) mass is 213 g/mol. The van der Waals surface area contributed by atoms with Gasteiger partial charge in [0.15, 0.2) is 0 Å². The Balaban J connectivity index is 2.70. The fourth-order valence-corrected chi connectivity index (χ4v) is 1.88. The second-order valence-corrected chi connectivity index (χ2v) is 3.89. The molecule has 2 aromatic carbocycles. The Bertz CT molecular complexity index is 509. The van der Waals surface area contributed by atoms with Gasteiger partial charge in [0, 0.05) is 22.6 Å². The van der Waals surface area contributed by atoms with Crippen LogP contribution in [0.3, 0.4) is 0 Å². The van der Waals surface area contributed by atoms with E-state index < -0.39 is 0 Å². The van der Waals surface area contributed by atoms with Crippen LogP contribution in [0.15, 0.2) is 36.4 Å². The van der Waals surface area contributed by atoms with E-state index in [4.69, 9.17) is 17.2 Å². The summed E-state index contributed by atoms with van der Waals surface area (Å²) < 4.78 is 0. The van der Waals surface area contributed by atoms with Gasteiger partial charge in [-0.1, -0.05) is 24.3 Å². The third-order valence-corrected chi connectivity index (χ3v) is 2.64. The van der Waals surface area contributed by atoms with Gasteiger partial charge < -0.3 is 17.2 Å². The SMILES string of the molecule is Cc1ccccc1-c1c(N)cc(N)cc1N. The molecule has 3 heteroatoms. The zero-order valence-electron chi connectivity index (χ0n) is 9.20. The largest absolute Gasteiger partial charge is 0.399 e. The van der Waals surface area contributed by atoms with Crippen molar-refractivity contribution in [3.05, 3.63) is 42.0 Å². The summed E-state index contributed by atoms with van der Waals surface area (Å²) in [5, 5.41) is 0. The van der Waals surface area contributed by atoms with Crippen LogP contribution in [-0.2, 0) is 0 Å². The average molecular weight is 213 g/mol. The van der Waals surface area contributed by atoms with Gasteiger partial charge in [-0.15, -0.1) is 0 Å². The molecule has 0 aromatic heterocycles. The highest BCUT2D eigenvalue weighted by atomic mass is 14.7. The predicted octanol–water partition coefficient (Wildman–Crippen LogP) is 2.41. The summed E-state index contributed by atoms with van der Waals surface area (Å²) in [6, 6.07) is 11.5. The Labute approximate surface area is 94.9 Å². The maximum absolute atomic E-state index is 5.96. The van der Waals surface area contributed by atoms with E-state index in [0.717, 1.165) is 16.7 Å². The molecule has 0 spiro atoms. The molecular weight excluding hydrogens is 198 g/mol. The molecule has 3 nitrogen and oxygen atoms in total. The van der Waals surface area contributed by atoms with Crippen molar-refractivity contribution >= 4 is 17.1 Å². The summed E-state index contributed by atoms with van der Waals surface area (Å²) >= 11 is 0. The average Bonchev–Trinajstić information content (AvgIpc) is 2.19. The second kappa shape index (κ2) is 3.77. The van der Waals surface area contributed by atoms with E-state index in [1.54, 1.807) is 12.1 Å². The number of nitrogens with two attached hydrogens (primary N) is 3. The number of rotatable bonds is 1. The van der Waals surface area contributed by atoms with Crippen molar-refractivity contribution in [3.63, 3.8) is 0 Å². The molecule has 0 unspecified atom stereocenters. The summed E-state index contributed by atoms with van der Waals surface area (Å²) in [4.78, 5) is 0. The number of anilines is 3. The second-order valence-electron chi connectivity index (χ2n) is 3.89. The molecule has 0 aliphatic carbocycles. The van der Waals surface area contributed by atoms with Crippen molar-refractivity contribution in [3.8, 4) is 11.1 Å². The summed E-state index contributed by atoms with van der Waals surface area (Å²) in [6.45, 7) is 2.03. The highest BCUT2D eigenvalue weighted by Gasteiger charge is 2.09. The third kappa shape index (κ3) is 1.67. The summed E-state index contributed by atoms with van der Waals surface area (Å²) in [5.41, 5.74) is 22.5. The fourth-order valence-electron chi connectivity index (χ4n) is 1.88. The van der Waals surface area contributed by atoms with Gasteiger partial charge in [-0.25, -0.2) is 0 Å². The molecule has 0 saturated carbocycles. The summed E-state index contributed by atoms with van der Waals surface area (Å²) in [5.74, 6) is 0. The van der Waals surface area contributed by atoms with Gasteiger partial charge in [-0.05, 0) is 30.2 Å². The van der Waals surface area contributed by atoms with Crippen LogP contribution in [0.4, 0.5) is 17.1 Å². The van der Waals surface area contributed by atoms with Crippen LogP contribution >= 0.6 is 0 Å².